The molecular formula is C26H23B5F2O8S. The predicted molar refractivity (Wildman–Crippen MR) is 153 cm³/mol. The van der Waals surface area contributed by atoms with Crippen molar-refractivity contribution in [3.05, 3.63) is 52.6 Å². The van der Waals surface area contributed by atoms with E-state index in [1.165, 1.54) is 24.3 Å². The Bertz CT molecular complexity index is 1450. The van der Waals surface area contributed by atoms with Crippen molar-refractivity contribution in [2.45, 2.75) is 49.8 Å². The number of Topliss-reactive ketones (excluding diaryl/α,β-unsaturated/α-hetero) is 1. The van der Waals surface area contributed by atoms with Gasteiger partial charge < -0.3 is 9.47 Å². The van der Waals surface area contributed by atoms with Crippen molar-refractivity contribution in [1.82, 2.24) is 0 Å². The van der Waals surface area contributed by atoms with Crippen molar-refractivity contribution in [3.8, 4) is 11.5 Å². The molecule has 3 unspecified atom stereocenters. The fraction of sp³-hybridized carbons (Fsp3) is 0.423. The quantitative estimate of drug-likeness (QED) is 0.177. The van der Waals surface area contributed by atoms with Crippen molar-refractivity contribution in [3.63, 3.8) is 0 Å². The van der Waals surface area contributed by atoms with Gasteiger partial charge in [-0.2, -0.15) is 17.2 Å². The maximum atomic E-state index is 14.4. The molecule has 0 saturated heterocycles. The van der Waals surface area contributed by atoms with Gasteiger partial charge in [0.15, 0.2) is 0 Å². The number of halogens is 2. The fourth-order valence-electron chi connectivity index (χ4n) is 4.90. The van der Waals surface area contributed by atoms with Gasteiger partial charge in [-0.1, -0.05) is 60.6 Å². The minimum atomic E-state index is -6.16. The zero-order valence-corrected chi connectivity index (χ0v) is 23.2. The first-order valence-electron chi connectivity index (χ1n) is 12.8. The summed E-state index contributed by atoms with van der Waals surface area (Å²) >= 11 is 0. The van der Waals surface area contributed by atoms with Gasteiger partial charge in [-0.25, -0.2) is 0 Å². The Balaban J connectivity index is 1.95. The summed E-state index contributed by atoms with van der Waals surface area (Å²) in [4.78, 5) is 39.3. The second-order valence-corrected chi connectivity index (χ2v) is 11.3. The Labute approximate surface area is 249 Å². The molecule has 1 aliphatic rings. The molecular weight excluding hydrogens is 564 g/mol. The van der Waals surface area contributed by atoms with Crippen LogP contribution in [-0.2, 0) is 49.8 Å². The van der Waals surface area contributed by atoms with Crippen LogP contribution >= 0.6 is 0 Å². The van der Waals surface area contributed by atoms with Gasteiger partial charge >= 0.3 is 27.3 Å². The van der Waals surface area contributed by atoms with E-state index < -0.39 is 63.7 Å². The smallest absolute Gasteiger partial charge is 0.426 e. The second kappa shape index (κ2) is 13.6. The van der Waals surface area contributed by atoms with Gasteiger partial charge in [0.25, 0.3) is 0 Å². The van der Waals surface area contributed by atoms with Gasteiger partial charge in [0.05, 0.1) is 43.2 Å². The molecule has 0 spiro atoms. The summed E-state index contributed by atoms with van der Waals surface area (Å²) in [5.74, 6) is -8.99. The Morgan fingerprint density at radius 2 is 1.45 bits per heavy atom. The van der Waals surface area contributed by atoms with Gasteiger partial charge in [-0.05, 0) is 42.0 Å². The SMILES string of the molecule is [B]Cc1ccc(OC(=O)C2CC(C(=O)Oc3c(C[B])cc([B])cc3C[B])CCC2C(=O)C(F)(F)S(=O)(=O)O)c(C[B])c1. The van der Waals surface area contributed by atoms with Crippen molar-refractivity contribution in [2.75, 3.05) is 0 Å². The number of ketones is 1. The van der Waals surface area contributed by atoms with Crippen LogP contribution in [0.25, 0.3) is 0 Å². The maximum Gasteiger partial charge on any atom is 0.427 e. The first kappa shape index (κ1) is 33.6. The Morgan fingerprint density at radius 3 is 1.98 bits per heavy atom. The summed E-state index contributed by atoms with van der Waals surface area (Å²) in [6, 6.07) is 7.45. The molecule has 0 aliphatic heterocycles. The lowest BCUT2D eigenvalue weighted by Gasteiger charge is -2.34. The Hall–Kier alpha value is -2.86. The van der Waals surface area contributed by atoms with Crippen LogP contribution in [0.4, 0.5) is 8.78 Å². The van der Waals surface area contributed by atoms with Crippen LogP contribution in [0, 0.1) is 17.8 Å². The molecule has 3 rings (SSSR count). The highest BCUT2D eigenvalue weighted by atomic mass is 32.2. The van der Waals surface area contributed by atoms with E-state index in [9.17, 15) is 31.6 Å². The number of rotatable bonds is 11. The van der Waals surface area contributed by atoms with Crippen LogP contribution in [-0.4, -0.2) is 75.2 Å². The Kier molecular flexibility index (Phi) is 10.9. The molecule has 1 fully saturated rings. The molecule has 3 atom stereocenters. The minimum Gasteiger partial charge on any atom is -0.426 e. The first-order valence-corrected chi connectivity index (χ1v) is 14.3. The van der Waals surface area contributed by atoms with Crippen LogP contribution in [0.1, 0.15) is 41.5 Å². The van der Waals surface area contributed by atoms with Gasteiger partial charge in [0.1, 0.15) is 19.3 Å². The normalized spacial score (nSPS) is 19.2. The lowest BCUT2D eigenvalue weighted by Crippen LogP contribution is -2.48. The zero-order chi connectivity index (χ0) is 31.4. The summed E-state index contributed by atoms with van der Waals surface area (Å²) in [6.45, 7) is 0. The number of benzene rings is 2. The molecule has 2 aromatic carbocycles. The van der Waals surface area contributed by atoms with E-state index in [4.69, 9.17) is 53.3 Å². The van der Waals surface area contributed by atoms with E-state index in [0.717, 1.165) is 0 Å². The molecule has 2 aromatic rings. The maximum absolute atomic E-state index is 14.4. The van der Waals surface area contributed by atoms with Crippen molar-refractivity contribution < 1.29 is 45.6 Å². The van der Waals surface area contributed by atoms with Crippen LogP contribution in [0.2, 0.25) is 0 Å². The second-order valence-electron chi connectivity index (χ2n) is 9.85. The summed E-state index contributed by atoms with van der Waals surface area (Å²) < 4.78 is 71.5. The van der Waals surface area contributed by atoms with Crippen LogP contribution in [0.5, 0.6) is 11.5 Å². The molecule has 0 amide bonds. The van der Waals surface area contributed by atoms with Crippen molar-refractivity contribution >= 4 is 72.5 Å². The van der Waals surface area contributed by atoms with Crippen LogP contribution < -0.4 is 14.9 Å². The monoisotopic (exact) mass is 588 g/mol. The highest BCUT2D eigenvalue weighted by molar-refractivity contribution is 7.87. The molecule has 1 N–H and O–H groups in total. The summed E-state index contributed by atoms with van der Waals surface area (Å²) in [5.41, 5.74) is 2.07. The predicted octanol–water partition coefficient (Wildman–Crippen LogP) is 0.748. The van der Waals surface area contributed by atoms with E-state index in [2.05, 4.69) is 0 Å². The number of hydrogen-bond donors (Lipinski definition) is 1. The molecule has 0 heterocycles. The number of esters is 2. The number of carbonyl (C=O) groups excluding carboxylic acids is 3. The highest BCUT2D eigenvalue weighted by Crippen LogP contribution is 2.41. The molecule has 1 aliphatic carbocycles. The van der Waals surface area contributed by atoms with E-state index in [1.807, 2.05) is 0 Å². The van der Waals surface area contributed by atoms with E-state index >= 15 is 0 Å². The topological polar surface area (TPSA) is 124 Å². The fourth-order valence-corrected chi connectivity index (χ4v) is 5.31. The van der Waals surface area contributed by atoms with E-state index in [1.54, 1.807) is 6.07 Å². The summed E-state index contributed by atoms with van der Waals surface area (Å²) in [7, 11) is 22.6. The molecule has 16 heteroatoms. The van der Waals surface area contributed by atoms with Crippen LogP contribution in [0.3, 0.4) is 0 Å². The molecule has 210 valence electrons. The zero-order valence-electron chi connectivity index (χ0n) is 22.4. The highest BCUT2D eigenvalue weighted by Gasteiger charge is 2.58. The average molecular weight is 588 g/mol. The minimum absolute atomic E-state index is 0.0424. The number of hydrogen-bond acceptors (Lipinski definition) is 7. The van der Waals surface area contributed by atoms with E-state index in [-0.39, 0.29) is 43.2 Å². The number of carbonyl (C=O) groups is 3. The van der Waals surface area contributed by atoms with Crippen LogP contribution in [0.15, 0.2) is 30.3 Å². The number of ether oxygens (including phenoxy) is 2. The number of alkyl halides is 2. The molecule has 8 nitrogen and oxygen atoms in total. The molecule has 1 saturated carbocycles. The molecule has 0 bridgehead atoms. The summed E-state index contributed by atoms with van der Waals surface area (Å²) in [6.07, 6.45) is -1.32. The third-order valence-corrected chi connectivity index (χ3v) is 7.98. The lowest BCUT2D eigenvalue weighted by atomic mass is 9.72. The van der Waals surface area contributed by atoms with Gasteiger partial charge in [0.2, 0.25) is 5.78 Å². The summed E-state index contributed by atoms with van der Waals surface area (Å²) in [5, 5.41) is -5.20. The lowest BCUT2D eigenvalue weighted by molar-refractivity contribution is -0.155. The third kappa shape index (κ3) is 7.19. The van der Waals surface area contributed by atoms with Crippen molar-refractivity contribution in [2.24, 2.45) is 17.8 Å². The van der Waals surface area contributed by atoms with Crippen molar-refractivity contribution in [1.29, 1.82) is 0 Å². The van der Waals surface area contributed by atoms with Gasteiger partial charge in [-0.15, -0.1) is 0 Å². The molecule has 0 aromatic heterocycles. The molecule has 10 radical (unpaired) electrons. The largest absolute Gasteiger partial charge is 0.427 e. The van der Waals surface area contributed by atoms with Gasteiger partial charge in [0, 0.05) is 5.92 Å². The average Bonchev–Trinajstić information content (AvgIpc) is 2.96. The third-order valence-electron chi connectivity index (χ3n) is 7.13. The standard InChI is InChI=1S/C26H23B5F2O8S/c27-9-13-1-4-21(15(5-13)10-28)40-25(36)20-8-14(2-3-19(20)23(34)26(32,33)42(37,38)39)24(35)41-22-16(11-29)6-18(31)7-17(22)12-30/h1,4-7,14,19-20H,2-3,8-12H2,(H,37,38,39). The van der Waals surface area contributed by atoms with Gasteiger partial charge in [-0.3, -0.25) is 18.9 Å². The van der Waals surface area contributed by atoms with E-state index in [0.29, 0.717) is 27.7 Å². The molecule has 42 heavy (non-hydrogen) atoms. The Morgan fingerprint density at radius 1 is 0.857 bits per heavy atom. The first-order chi connectivity index (χ1) is 19.7.